The second-order valence-corrected chi connectivity index (χ2v) is 3.57. The molecule has 4 nitrogen and oxygen atoms in total. The summed E-state index contributed by atoms with van der Waals surface area (Å²) < 4.78 is 31.4. The summed E-state index contributed by atoms with van der Waals surface area (Å²) in [5, 5.41) is 10.9. The van der Waals surface area contributed by atoms with Gasteiger partial charge < -0.3 is 4.74 Å². The molecule has 17 heavy (non-hydrogen) atoms. The highest BCUT2D eigenvalue weighted by molar-refractivity contribution is 8.13. The van der Waals surface area contributed by atoms with Crippen LogP contribution in [0.15, 0.2) is 17.1 Å². The van der Waals surface area contributed by atoms with Gasteiger partial charge in [-0.1, -0.05) is 11.8 Å². The normalized spacial score (nSPS) is 10.9. The molecular weight excluding hydrogens is 248 g/mol. The molecular formula is C10H9F2N3OS. The fraction of sp³-hybridized carbons (Fsp3) is 0.200. The van der Waals surface area contributed by atoms with Gasteiger partial charge in [-0.05, 0) is 18.4 Å². The predicted molar refractivity (Wildman–Crippen MR) is 62.3 cm³/mol. The third-order valence-electron chi connectivity index (χ3n) is 1.81. The zero-order valence-electron chi connectivity index (χ0n) is 9.12. The van der Waals surface area contributed by atoms with Crippen LogP contribution in [-0.2, 0) is 0 Å². The molecule has 0 radical (unpaired) electrons. The van der Waals surface area contributed by atoms with Gasteiger partial charge in [0.05, 0.1) is 7.11 Å². The van der Waals surface area contributed by atoms with Gasteiger partial charge in [0.1, 0.15) is 5.69 Å². The fourth-order valence-corrected chi connectivity index (χ4v) is 1.41. The molecule has 0 unspecified atom stereocenters. The number of methoxy groups -OCH3 is 1. The third kappa shape index (κ3) is 3.07. The number of thioether (sulfide) groups is 1. The van der Waals surface area contributed by atoms with E-state index in [0.717, 1.165) is 24.9 Å². The van der Waals surface area contributed by atoms with E-state index in [2.05, 4.69) is 15.0 Å². The first kappa shape index (κ1) is 13.3. The van der Waals surface area contributed by atoms with Crippen LogP contribution in [0.2, 0.25) is 0 Å². The van der Waals surface area contributed by atoms with Crippen LogP contribution in [0.4, 0.5) is 14.5 Å². The molecule has 7 heteroatoms. The molecule has 0 heterocycles. The predicted octanol–water partition coefficient (Wildman–Crippen LogP) is 2.39. The van der Waals surface area contributed by atoms with Crippen molar-refractivity contribution in [3.8, 4) is 11.9 Å². The molecule has 0 aliphatic heterocycles. The first-order valence-corrected chi connectivity index (χ1v) is 5.66. The van der Waals surface area contributed by atoms with Crippen molar-refractivity contribution in [2.45, 2.75) is 0 Å². The highest BCUT2D eigenvalue weighted by Crippen LogP contribution is 2.29. The number of rotatable bonds is 2. The number of benzene rings is 1. The van der Waals surface area contributed by atoms with E-state index < -0.39 is 17.4 Å². The van der Waals surface area contributed by atoms with E-state index in [1.54, 1.807) is 12.4 Å². The van der Waals surface area contributed by atoms with Crippen molar-refractivity contribution in [2.24, 2.45) is 4.99 Å². The maximum Gasteiger partial charge on any atom is 0.193 e. The van der Waals surface area contributed by atoms with Gasteiger partial charge in [0.2, 0.25) is 0 Å². The molecule has 0 aromatic heterocycles. The van der Waals surface area contributed by atoms with Crippen molar-refractivity contribution < 1.29 is 13.5 Å². The Morgan fingerprint density at radius 1 is 1.53 bits per heavy atom. The summed E-state index contributed by atoms with van der Waals surface area (Å²) >= 11 is 1.13. The van der Waals surface area contributed by atoms with Gasteiger partial charge in [0.25, 0.3) is 0 Å². The minimum Gasteiger partial charge on any atom is -0.491 e. The largest absolute Gasteiger partial charge is 0.491 e. The molecule has 90 valence electrons. The second kappa shape index (κ2) is 6.06. The van der Waals surface area contributed by atoms with Crippen LogP contribution in [0.3, 0.4) is 0 Å². The number of amidine groups is 1. The Balaban J connectivity index is 3.20. The van der Waals surface area contributed by atoms with Crippen LogP contribution < -0.4 is 10.1 Å². The molecule has 1 N–H and O–H groups in total. The number of halogens is 2. The van der Waals surface area contributed by atoms with E-state index in [1.165, 1.54) is 6.07 Å². The van der Waals surface area contributed by atoms with Crippen molar-refractivity contribution >= 4 is 22.6 Å². The van der Waals surface area contributed by atoms with E-state index in [1.807, 2.05) is 0 Å². The molecule has 0 bridgehead atoms. The Hall–Kier alpha value is -1.81. The fourth-order valence-electron chi connectivity index (χ4n) is 1.08. The summed E-state index contributed by atoms with van der Waals surface area (Å²) in [4.78, 5) is 3.84. The number of nitrogens with zero attached hydrogens (tertiary/aromatic N) is 2. The molecule has 0 fully saturated rings. The van der Waals surface area contributed by atoms with Crippen LogP contribution >= 0.6 is 11.8 Å². The Kier molecular flexibility index (Phi) is 4.72. The van der Waals surface area contributed by atoms with E-state index in [9.17, 15) is 8.78 Å². The first-order chi connectivity index (χ1) is 8.13. The molecule has 0 spiro atoms. The summed E-state index contributed by atoms with van der Waals surface area (Å²) in [6.45, 7) is 0. The zero-order valence-corrected chi connectivity index (χ0v) is 9.94. The maximum atomic E-state index is 13.7. The van der Waals surface area contributed by atoms with Crippen molar-refractivity contribution in [1.82, 2.24) is 5.32 Å². The average molecular weight is 257 g/mol. The smallest absolute Gasteiger partial charge is 0.193 e. The topological polar surface area (TPSA) is 57.4 Å². The SMILES string of the molecule is COc1c(F)ccc(N=C(NC#N)SC)c1F. The van der Waals surface area contributed by atoms with Gasteiger partial charge in [-0.25, -0.2) is 13.8 Å². The van der Waals surface area contributed by atoms with E-state index >= 15 is 0 Å². The third-order valence-corrected chi connectivity index (χ3v) is 2.39. The molecule has 0 atom stereocenters. The van der Waals surface area contributed by atoms with E-state index in [0.29, 0.717) is 0 Å². The summed E-state index contributed by atoms with van der Waals surface area (Å²) in [6.07, 6.45) is 3.34. The van der Waals surface area contributed by atoms with Crippen LogP contribution in [0.5, 0.6) is 5.75 Å². The molecule has 0 saturated heterocycles. The second-order valence-electron chi connectivity index (χ2n) is 2.77. The van der Waals surface area contributed by atoms with Crippen LogP contribution in [0.1, 0.15) is 0 Å². The van der Waals surface area contributed by atoms with E-state index in [4.69, 9.17) is 5.26 Å². The number of hydrogen-bond donors (Lipinski definition) is 1. The van der Waals surface area contributed by atoms with Crippen LogP contribution in [0, 0.1) is 23.1 Å². The maximum absolute atomic E-state index is 13.7. The minimum atomic E-state index is -0.904. The van der Waals surface area contributed by atoms with Gasteiger partial charge in [-0.3, -0.25) is 5.32 Å². The lowest BCUT2D eigenvalue weighted by atomic mass is 10.3. The standard InChI is InChI=1S/C10H9F2N3OS/c1-16-9-6(11)3-4-7(8(9)12)15-10(17-2)14-5-13/h3-4H,1-2H3,(H,14,15). The van der Waals surface area contributed by atoms with Crippen molar-refractivity contribution in [3.05, 3.63) is 23.8 Å². The van der Waals surface area contributed by atoms with Gasteiger partial charge in [0.15, 0.2) is 28.7 Å². The average Bonchev–Trinajstić information content (AvgIpc) is 2.32. The lowest BCUT2D eigenvalue weighted by Crippen LogP contribution is -2.12. The molecule has 0 aliphatic carbocycles. The molecule has 1 rings (SSSR count). The van der Waals surface area contributed by atoms with Crippen molar-refractivity contribution in [2.75, 3.05) is 13.4 Å². The van der Waals surface area contributed by atoms with Crippen LogP contribution in [0.25, 0.3) is 0 Å². The lowest BCUT2D eigenvalue weighted by Gasteiger charge is -2.06. The Labute approximate surface area is 101 Å². The lowest BCUT2D eigenvalue weighted by molar-refractivity contribution is 0.360. The molecule has 0 aliphatic rings. The van der Waals surface area contributed by atoms with E-state index in [-0.39, 0.29) is 10.9 Å². The number of nitrogens with one attached hydrogen (secondary N) is 1. The number of nitriles is 1. The van der Waals surface area contributed by atoms with Crippen molar-refractivity contribution in [1.29, 1.82) is 5.26 Å². The van der Waals surface area contributed by atoms with Gasteiger partial charge >= 0.3 is 0 Å². The molecule has 1 aromatic rings. The Morgan fingerprint density at radius 3 is 2.76 bits per heavy atom. The Morgan fingerprint density at radius 2 is 2.24 bits per heavy atom. The number of aliphatic imine (C=N–C) groups is 1. The molecule has 0 saturated carbocycles. The minimum absolute atomic E-state index is 0.102. The van der Waals surface area contributed by atoms with Crippen LogP contribution in [-0.4, -0.2) is 18.5 Å². The zero-order chi connectivity index (χ0) is 12.8. The Bertz CT molecular complexity index is 485. The van der Waals surface area contributed by atoms with Gasteiger partial charge in [-0.2, -0.15) is 5.26 Å². The van der Waals surface area contributed by atoms with Crippen molar-refractivity contribution in [3.63, 3.8) is 0 Å². The summed E-state index contributed by atoms with van der Waals surface area (Å²) in [5.74, 6) is -2.20. The number of ether oxygens (including phenoxy) is 1. The first-order valence-electron chi connectivity index (χ1n) is 4.43. The highest BCUT2D eigenvalue weighted by atomic mass is 32.2. The summed E-state index contributed by atoms with van der Waals surface area (Å²) in [6, 6.07) is 2.22. The summed E-state index contributed by atoms with van der Waals surface area (Å²) in [7, 11) is 1.16. The quantitative estimate of drug-likeness (QED) is 0.382. The van der Waals surface area contributed by atoms with Gasteiger partial charge in [0, 0.05) is 0 Å². The summed E-state index contributed by atoms with van der Waals surface area (Å²) in [5.41, 5.74) is -0.102. The van der Waals surface area contributed by atoms with Gasteiger partial charge in [-0.15, -0.1) is 0 Å². The number of hydrogen-bond acceptors (Lipinski definition) is 4. The molecule has 1 aromatic carbocycles. The monoisotopic (exact) mass is 257 g/mol. The molecule has 0 amide bonds. The highest BCUT2D eigenvalue weighted by Gasteiger charge is 2.14.